The molecule has 0 saturated heterocycles. The minimum Gasteiger partial charge on any atom is -0.493 e. The third-order valence-electron chi connectivity index (χ3n) is 4.80. The topological polar surface area (TPSA) is 30.5 Å². The third kappa shape index (κ3) is 3.55. The lowest BCUT2D eigenvalue weighted by molar-refractivity contribution is 0.201. The van der Waals surface area contributed by atoms with Crippen LogP contribution in [0.25, 0.3) is 10.8 Å². The number of nitrogens with one attached hydrogen (secondary N) is 1. The van der Waals surface area contributed by atoms with Crippen molar-refractivity contribution in [3.63, 3.8) is 0 Å². The molecule has 3 aromatic rings. The van der Waals surface area contributed by atoms with Crippen LogP contribution in [0.3, 0.4) is 0 Å². The molecule has 128 valence electrons. The van der Waals surface area contributed by atoms with Gasteiger partial charge in [0.25, 0.3) is 0 Å². The zero-order chi connectivity index (χ0) is 17.1. The van der Waals surface area contributed by atoms with Crippen molar-refractivity contribution in [2.24, 2.45) is 0 Å². The van der Waals surface area contributed by atoms with Gasteiger partial charge >= 0.3 is 0 Å². The lowest BCUT2D eigenvalue weighted by Gasteiger charge is -2.17. The zero-order valence-electron chi connectivity index (χ0n) is 14.5. The Morgan fingerprint density at radius 3 is 2.32 bits per heavy atom. The molecule has 1 aliphatic carbocycles. The number of rotatable bonds is 5. The lowest BCUT2D eigenvalue weighted by atomic mass is 10.1. The van der Waals surface area contributed by atoms with Crippen LogP contribution in [0.15, 0.2) is 60.7 Å². The molecule has 0 unspecified atom stereocenters. The van der Waals surface area contributed by atoms with E-state index in [0.717, 1.165) is 35.7 Å². The highest BCUT2D eigenvalue weighted by Gasteiger charge is 2.18. The summed E-state index contributed by atoms with van der Waals surface area (Å²) in [6, 6.07) is 20.8. The van der Waals surface area contributed by atoms with Gasteiger partial charge in [-0.3, -0.25) is 0 Å². The van der Waals surface area contributed by atoms with Crippen LogP contribution in [0.4, 0.5) is 11.4 Å². The summed E-state index contributed by atoms with van der Waals surface area (Å²) >= 11 is 0. The Bertz CT molecular complexity index is 869. The van der Waals surface area contributed by atoms with Gasteiger partial charge in [0, 0.05) is 17.4 Å². The summed E-state index contributed by atoms with van der Waals surface area (Å²) in [7, 11) is 1.69. The number of ether oxygens (including phenoxy) is 2. The predicted molar refractivity (Wildman–Crippen MR) is 103 cm³/mol. The molecule has 0 spiro atoms. The number of benzene rings is 3. The molecule has 3 heteroatoms. The van der Waals surface area contributed by atoms with Crippen molar-refractivity contribution in [1.29, 1.82) is 0 Å². The molecule has 1 N–H and O–H groups in total. The van der Waals surface area contributed by atoms with E-state index in [1.165, 1.54) is 23.6 Å². The molecule has 0 bridgehead atoms. The second-order valence-electron chi connectivity index (χ2n) is 6.58. The molecule has 0 radical (unpaired) electrons. The normalized spacial score (nSPS) is 14.6. The van der Waals surface area contributed by atoms with Crippen LogP contribution >= 0.6 is 0 Å². The first-order chi connectivity index (χ1) is 12.3. The number of anilines is 2. The van der Waals surface area contributed by atoms with Crippen LogP contribution in [-0.4, -0.2) is 13.2 Å². The van der Waals surface area contributed by atoms with E-state index in [1.54, 1.807) is 7.11 Å². The van der Waals surface area contributed by atoms with Crippen LogP contribution < -0.4 is 14.8 Å². The minimum absolute atomic E-state index is 0.310. The summed E-state index contributed by atoms with van der Waals surface area (Å²) in [4.78, 5) is 0. The van der Waals surface area contributed by atoms with Crippen molar-refractivity contribution >= 4 is 22.1 Å². The molecule has 0 aliphatic heterocycles. The van der Waals surface area contributed by atoms with Crippen molar-refractivity contribution in [2.75, 3.05) is 12.4 Å². The number of hydrogen-bond acceptors (Lipinski definition) is 3. The van der Waals surface area contributed by atoms with Gasteiger partial charge in [-0.15, -0.1) is 0 Å². The molecule has 1 saturated carbocycles. The van der Waals surface area contributed by atoms with E-state index < -0.39 is 0 Å². The average Bonchev–Trinajstić information content (AvgIpc) is 3.15. The van der Waals surface area contributed by atoms with Crippen LogP contribution in [0.2, 0.25) is 0 Å². The Kier molecular flexibility index (Phi) is 4.47. The Labute approximate surface area is 148 Å². The molecule has 1 aliphatic rings. The summed E-state index contributed by atoms with van der Waals surface area (Å²) in [5, 5.41) is 5.95. The highest BCUT2D eigenvalue weighted by molar-refractivity contribution is 5.86. The predicted octanol–water partition coefficient (Wildman–Crippen LogP) is 5.91. The molecule has 0 atom stereocenters. The van der Waals surface area contributed by atoms with E-state index in [1.807, 2.05) is 18.2 Å². The SMILES string of the molecule is COc1ccc(Nc2ccc3ccccc3c2)cc1OC1CCCC1. The summed E-state index contributed by atoms with van der Waals surface area (Å²) in [5.74, 6) is 1.61. The number of hydrogen-bond donors (Lipinski definition) is 1. The van der Waals surface area contributed by atoms with E-state index >= 15 is 0 Å². The molecular formula is C22H23NO2. The van der Waals surface area contributed by atoms with E-state index in [-0.39, 0.29) is 0 Å². The quantitative estimate of drug-likeness (QED) is 0.629. The maximum atomic E-state index is 6.18. The molecule has 3 aromatic carbocycles. The molecule has 0 heterocycles. The first-order valence-corrected chi connectivity index (χ1v) is 8.92. The van der Waals surface area contributed by atoms with E-state index in [9.17, 15) is 0 Å². The van der Waals surface area contributed by atoms with E-state index in [0.29, 0.717) is 6.10 Å². The van der Waals surface area contributed by atoms with Gasteiger partial charge in [0.05, 0.1) is 13.2 Å². The molecular weight excluding hydrogens is 310 g/mol. The Morgan fingerprint density at radius 1 is 0.800 bits per heavy atom. The average molecular weight is 333 g/mol. The fraction of sp³-hybridized carbons (Fsp3) is 0.273. The first-order valence-electron chi connectivity index (χ1n) is 8.92. The summed E-state index contributed by atoms with van der Waals surface area (Å²) in [6.45, 7) is 0. The molecule has 3 nitrogen and oxygen atoms in total. The number of fused-ring (bicyclic) bond motifs is 1. The van der Waals surface area contributed by atoms with Crippen molar-refractivity contribution < 1.29 is 9.47 Å². The van der Waals surface area contributed by atoms with Crippen molar-refractivity contribution in [2.45, 2.75) is 31.8 Å². The third-order valence-corrected chi connectivity index (χ3v) is 4.80. The maximum Gasteiger partial charge on any atom is 0.163 e. The van der Waals surface area contributed by atoms with Crippen molar-refractivity contribution in [1.82, 2.24) is 0 Å². The fourth-order valence-corrected chi connectivity index (χ4v) is 3.47. The zero-order valence-corrected chi connectivity index (χ0v) is 14.5. The van der Waals surface area contributed by atoms with Gasteiger partial charge < -0.3 is 14.8 Å². The second kappa shape index (κ2) is 7.06. The van der Waals surface area contributed by atoms with Gasteiger partial charge in [0.2, 0.25) is 0 Å². The van der Waals surface area contributed by atoms with Crippen LogP contribution in [0.1, 0.15) is 25.7 Å². The molecule has 0 amide bonds. The first kappa shape index (κ1) is 15.8. The van der Waals surface area contributed by atoms with Crippen LogP contribution in [0, 0.1) is 0 Å². The summed E-state index contributed by atoms with van der Waals surface area (Å²) in [5.41, 5.74) is 2.07. The van der Waals surface area contributed by atoms with Crippen molar-refractivity contribution in [3.8, 4) is 11.5 Å². The second-order valence-corrected chi connectivity index (χ2v) is 6.58. The minimum atomic E-state index is 0.310. The van der Waals surface area contributed by atoms with E-state index in [4.69, 9.17) is 9.47 Å². The fourth-order valence-electron chi connectivity index (χ4n) is 3.47. The monoisotopic (exact) mass is 333 g/mol. The van der Waals surface area contributed by atoms with Crippen molar-refractivity contribution in [3.05, 3.63) is 60.7 Å². The largest absolute Gasteiger partial charge is 0.493 e. The van der Waals surface area contributed by atoms with Gasteiger partial charge in [0.15, 0.2) is 11.5 Å². The summed E-state index contributed by atoms with van der Waals surface area (Å²) in [6.07, 6.45) is 5.07. The van der Waals surface area contributed by atoms with Gasteiger partial charge in [0.1, 0.15) is 0 Å². The Hall–Kier alpha value is -2.68. The standard InChI is InChI=1S/C22H23NO2/c1-24-21-13-12-19(15-22(21)25-20-8-4-5-9-20)23-18-11-10-16-6-2-3-7-17(16)14-18/h2-3,6-7,10-15,20,23H,4-5,8-9H2,1H3. The molecule has 0 aromatic heterocycles. The van der Waals surface area contributed by atoms with Gasteiger partial charge in [-0.1, -0.05) is 30.3 Å². The maximum absolute atomic E-state index is 6.18. The van der Waals surface area contributed by atoms with Gasteiger partial charge in [-0.25, -0.2) is 0 Å². The van der Waals surface area contributed by atoms with Gasteiger partial charge in [-0.2, -0.15) is 0 Å². The molecule has 4 rings (SSSR count). The highest BCUT2D eigenvalue weighted by Crippen LogP contribution is 2.35. The number of methoxy groups -OCH3 is 1. The van der Waals surface area contributed by atoms with Gasteiger partial charge in [-0.05, 0) is 60.7 Å². The molecule has 1 fully saturated rings. The van der Waals surface area contributed by atoms with Crippen LogP contribution in [-0.2, 0) is 0 Å². The Morgan fingerprint density at radius 2 is 1.52 bits per heavy atom. The highest BCUT2D eigenvalue weighted by atomic mass is 16.5. The molecule has 25 heavy (non-hydrogen) atoms. The smallest absolute Gasteiger partial charge is 0.163 e. The summed E-state index contributed by atoms with van der Waals surface area (Å²) < 4.78 is 11.6. The lowest BCUT2D eigenvalue weighted by Crippen LogP contribution is -2.11. The van der Waals surface area contributed by atoms with Crippen LogP contribution in [0.5, 0.6) is 11.5 Å². The van der Waals surface area contributed by atoms with E-state index in [2.05, 4.69) is 47.8 Å². The Balaban J connectivity index is 1.58.